The van der Waals surface area contributed by atoms with Gasteiger partial charge in [0.15, 0.2) is 0 Å². The summed E-state index contributed by atoms with van der Waals surface area (Å²) >= 11 is 0. The molecule has 0 aliphatic heterocycles. The summed E-state index contributed by atoms with van der Waals surface area (Å²) < 4.78 is 0. The van der Waals surface area contributed by atoms with Crippen LogP contribution >= 0.6 is 0 Å². The summed E-state index contributed by atoms with van der Waals surface area (Å²) in [6.45, 7) is 1.36. The van der Waals surface area contributed by atoms with E-state index in [0.717, 1.165) is 0 Å². The van der Waals surface area contributed by atoms with Crippen molar-refractivity contribution in [3.63, 3.8) is 0 Å². The minimum atomic E-state index is -0.379. The molecule has 0 saturated carbocycles. The standard InChI is InChI=1S/C13H12N4O2/c1-2-3-12(19)17-9-4-5-11-10(6-9)13(16-8-18)15-7-14-11/h4-7,18H,8H2,1H3,(H,17,19)(H,14,15,16). The highest BCUT2D eigenvalue weighted by Crippen LogP contribution is 2.22. The lowest BCUT2D eigenvalue weighted by molar-refractivity contribution is -0.111. The topological polar surface area (TPSA) is 87.1 Å². The number of hydrogen-bond acceptors (Lipinski definition) is 5. The SMILES string of the molecule is CC#CC(=O)Nc1ccc2ncnc(NCO)c2c1. The van der Waals surface area contributed by atoms with Gasteiger partial charge in [0, 0.05) is 11.1 Å². The molecule has 0 aliphatic rings. The van der Waals surface area contributed by atoms with E-state index in [1.54, 1.807) is 25.1 Å². The Labute approximate surface area is 109 Å². The molecule has 19 heavy (non-hydrogen) atoms. The van der Waals surface area contributed by atoms with E-state index in [1.807, 2.05) is 0 Å². The van der Waals surface area contributed by atoms with E-state index >= 15 is 0 Å². The largest absolute Gasteiger partial charge is 0.377 e. The molecule has 6 heteroatoms. The maximum atomic E-state index is 11.4. The van der Waals surface area contributed by atoms with Gasteiger partial charge >= 0.3 is 0 Å². The van der Waals surface area contributed by atoms with Crippen molar-refractivity contribution >= 4 is 28.3 Å². The van der Waals surface area contributed by atoms with Gasteiger partial charge in [-0.05, 0) is 31.0 Å². The van der Waals surface area contributed by atoms with Crippen molar-refractivity contribution < 1.29 is 9.90 Å². The average Bonchev–Trinajstić information content (AvgIpc) is 2.40. The fourth-order valence-corrected chi connectivity index (χ4v) is 1.63. The van der Waals surface area contributed by atoms with Gasteiger partial charge in [-0.1, -0.05) is 5.92 Å². The molecule has 0 fully saturated rings. The predicted octanol–water partition coefficient (Wildman–Crippen LogP) is 0.953. The number of carbonyl (C=O) groups excluding carboxylic acids is 1. The summed E-state index contributed by atoms with van der Waals surface area (Å²) in [6, 6.07) is 5.21. The fraction of sp³-hybridized carbons (Fsp3) is 0.154. The Hall–Kier alpha value is -2.65. The number of fused-ring (bicyclic) bond motifs is 1. The van der Waals surface area contributed by atoms with Crippen molar-refractivity contribution in [2.24, 2.45) is 0 Å². The molecule has 0 spiro atoms. The molecular weight excluding hydrogens is 244 g/mol. The lowest BCUT2D eigenvalue weighted by Gasteiger charge is -2.07. The first kappa shape index (κ1) is 12.8. The molecular formula is C13H12N4O2. The summed E-state index contributed by atoms with van der Waals surface area (Å²) in [6.07, 6.45) is 1.40. The van der Waals surface area contributed by atoms with Gasteiger partial charge in [-0.2, -0.15) is 0 Å². The number of nitrogens with zero attached hydrogens (tertiary/aromatic N) is 2. The summed E-state index contributed by atoms with van der Waals surface area (Å²) in [5.74, 6) is 5.04. The number of aliphatic hydroxyl groups is 1. The van der Waals surface area contributed by atoms with Crippen molar-refractivity contribution in [3.8, 4) is 11.8 Å². The van der Waals surface area contributed by atoms with E-state index in [4.69, 9.17) is 5.11 Å². The van der Waals surface area contributed by atoms with E-state index in [1.165, 1.54) is 6.33 Å². The Balaban J connectivity index is 2.39. The highest BCUT2D eigenvalue weighted by Gasteiger charge is 2.05. The van der Waals surface area contributed by atoms with Crippen molar-refractivity contribution in [2.75, 3.05) is 17.4 Å². The Kier molecular flexibility index (Phi) is 3.90. The monoisotopic (exact) mass is 256 g/mol. The van der Waals surface area contributed by atoms with E-state index in [9.17, 15) is 4.79 Å². The summed E-state index contributed by atoms with van der Waals surface area (Å²) in [5, 5.41) is 15.0. The average molecular weight is 256 g/mol. The number of benzene rings is 1. The third-order valence-electron chi connectivity index (χ3n) is 2.38. The van der Waals surface area contributed by atoms with Gasteiger partial charge in [-0.25, -0.2) is 9.97 Å². The minimum absolute atomic E-state index is 0.232. The molecule has 0 bridgehead atoms. The number of aromatic nitrogens is 2. The normalized spacial score (nSPS) is 9.58. The van der Waals surface area contributed by atoms with Crippen LogP contribution in [-0.4, -0.2) is 27.7 Å². The molecule has 1 heterocycles. The number of nitrogens with one attached hydrogen (secondary N) is 2. The third-order valence-corrected chi connectivity index (χ3v) is 2.38. The van der Waals surface area contributed by atoms with Crippen LogP contribution in [0.3, 0.4) is 0 Å². The number of amides is 1. The van der Waals surface area contributed by atoms with E-state index < -0.39 is 0 Å². The molecule has 6 nitrogen and oxygen atoms in total. The van der Waals surface area contributed by atoms with Crippen LogP contribution < -0.4 is 10.6 Å². The zero-order chi connectivity index (χ0) is 13.7. The summed E-state index contributed by atoms with van der Waals surface area (Å²) in [5.41, 5.74) is 1.31. The highest BCUT2D eigenvalue weighted by molar-refractivity contribution is 6.05. The number of rotatable bonds is 3. The number of carbonyl (C=O) groups is 1. The molecule has 96 valence electrons. The molecule has 0 radical (unpaired) electrons. The van der Waals surface area contributed by atoms with E-state index in [2.05, 4.69) is 32.4 Å². The zero-order valence-electron chi connectivity index (χ0n) is 10.3. The second-order valence-electron chi connectivity index (χ2n) is 3.62. The zero-order valence-corrected chi connectivity index (χ0v) is 10.3. The van der Waals surface area contributed by atoms with Crippen LogP contribution in [0.15, 0.2) is 24.5 Å². The second kappa shape index (κ2) is 5.80. The molecule has 0 aliphatic carbocycles. The molecule has 1 aromatic carbocycles. The van der Waals surface area contributed by atoms with Crippen LogP contribution in [0.1, 0.15) is 6.92 Å². The van der Waals surface area contributed by atoms with Gasteiger partial charge in [-0.3, -0.25) is 4.79 Å². The predicted molar refractivity (Wildman–Crippen MR) is 72.3 cm³/mol. The maximum absolute atomic E-state index is 11.4. The second-order valence-corrected chi connectivity index (χ2v) is 3.62. The minimum Gasteiger partial charge on any atom is -0.377 e. The first-order chi connectivity index (χ1) is 9.24. The van der Waals surface area contributed by atoms with Crippen molar-refractivity contribution in [1.82, 2.24) is 9.97 Å². The van der Waals surface area contributed by atoms with Crippen molar-refractivity contribution in [1.29, 1.82) is 0 Å². The molecule has 0 atom stereocenters. The Morgan fingerprint density at radius 2 is 2.26 bits per heavy atom. The smallest absolute Gasteiger partial charge is 0.300 e. The summed E-state index contributed by atoms with van der Waals surface area (Å²) in [7, 11) is 0. The Morgan fingerprint density at radius 3 is 3.00 bits per heavy atom. The molecule has 1 amide bonds. The first-order valence-corrected chi connectivity index (χ1v) is 5.58. The highest BCUT2D eigenvalue weighted by atomic mass is 16.3. The van der Waals surface area contributed by atoms with Crippen LogP contribution in [0.25, 0.3) is 10.9 Å². The van der Waals surface area contributed by atoms with Gasteiger partial charge in [-0.15, -0.1) is 0 Å². The maximum Gasteiger partial charge on any atom is 0.300 e. The molecule has 0 unspecified atom stereocenters. The van der Waals surface area contributed by atoms with Crippen LogP contribution in [0.4, 0.5) is 11.5 Å². The fourth-order valence-electron chi connectivity index (χ4n) is 1.63. The van der Waals surface area contributed by atoms with Gasteiger partial charge in [0.05, 0.1) is 5.52 Å². The molecule has 2 rings (SSSR count). The van der Waals surface area contributed by atoms with E-state index in [0.29, 0.717) is 22.4 Å². The van der Waals surface area contributed by atoms with Gasteiger partial charge in [0.2, 0.25) is 0 Å². The quantitative estimate of drug-likeness (QED) is 0.562. The van der Waals surface area contributed by atoms with Gasteiger partial charge < -0.3 is 15.7 Å². The van der Waals surface area contributed by atoms with Gasteiger partial charge in [0.25, 0.3) is 5.91 Å². The molecule has 2 aromatic rings. The summed E-state index contributed by atoms with van der Waals surface area (Å²) in [4.78, 5) is 19.5. The number of hydrogen-bond donors (Lipinski definition) is 3. The van der Waals surface area contributed by atoms with Crippen molar-refractivity contribution in [3.05, 3.63) is 24.5 Å². The molecule has 0 saturated heterocycles. The Bertz CT molecular complexity index is 673. The molecule has 1 aromatic heterocycles. The van der Waals surface area contributed by atoms with Crippen LogP contribution in [0, 0.1) is 11.8 Å². The number of anilines is 2. The van der Waals surface area contributed by atoms with Gasteiger partial charge in [0.1, 0.15) is 18.9 Å². The van der Waals surface area contributed by atoms with E-state index in [-0.39, 0.29) is 12.6 Å². The Morgan fingerprint density at radius 1 is 1.42 bits per heavy atom. The van der Waals surface area contributed by atoms with Crippen LogP contribution in [0.5, 0.6) is 0 Å². The van der Waals surface area contributed by atoms with Crippen LogP contribution in [-0.2, 0) is 4.79 Å². The first-order valence-electron chi connectivity index (χ1n) is 5.58. The molecule has 3 N–H and O–H groups in total. The lowest BCUT2D eigenvalue weighted by atomic mass is 10.2. The van der Waals surface area contributed by atoms with Crippen molar-refractivity contribution in [2.45, 2.75) is 6.92 Å². The lowest BCUT2D eigenvalue weighted by Crippen LogP contribution is -2.08. The number of aliphatic hydroxyl groups excluding tert-OH is 1. The van der Waals surface area contributed by atoms with Crippen LogP contribution in [0.2, 0.25) is 0 Å². The third kappa shape index (κ3) is 2.97.